The summed E-state index contributed by atoms with van der Waals surface area (Å²) in [7, 11) is 0. The molecule has 1 aromatic heterocycles. The molecule has 1 atom stereocenters. The van der Waals surface area contributed by atoms with E-state index < -0.39 is 17.4 Å². The normalized spacial score (nSPS) is 13.4. The van der Waals surface area contributed by atoms with E-state index in [1.54, 1.807) is 23.9 Å². The monoisotopic (exact) mass is 365 g/mol. The van der Waals surface area contributed by atoms with Gasteiger partial charge >= 0.3 is 5.97 Å². The highest BCUT2D eigenvalue weighted by molar-refractivity contribution is 9.10. The van der Waals surface area contributed by atoms with Gasteiger partial charge in [-0.1, -0.05) is 28.9 Å². The molecule has 2 N–H and O–H groups in total. The van der Waals surface area contributed by atoms with Gasteiger partial charge in [0.1, 0.15) is 5.54 Å². The molecular formula is C15H16BrN3O3. The van der Waals surface area contributed by atoms with Crippen molar-refractivity contribution in [1.82, 2.24) is 15.1 Å². The van der Waals surface area contributed by atoms with Crippen LogP contribution in [0.25, 0.3) is 5.69 Å². The molecule has 0 saturated carbocycles. The highest BCUT2D eigenvalue weighted by Crippen LogP contribution is 2.16. The second kappa shape index (κ2) is 6.31. The number of nitrogens with one attached hydrogen (secondary N) is 1. The molecule has 1 amide bonds. The molecule has 7 heteroatoms. The van der Waals surface area contributed by atoms with Gasteiger partial charge < -0.3 is 10.4 Å². The van der Waals surface area contributed by atoms with Gasteiger partial charge in [-0.25, -0.2) is 9.48 Å². The van der Waals surface area contributed by atoms with Crippen molar-refractivity contribution in [3.05, 3.63) is 46.7 Å². The molecule has 0 aliphatic heterocycles. The third kappa shape index (κ3) is 3.36. The lowest BCUT2D eigenvalue weighted by Crippen LogP contribution is -2.51. The van der Waals surface area contributed by atoms with Crippen molar-refractivity contribution >= 4 is 27.8 Å². The molecule has 0 radical (unpaired) electrons. The summed E-state index contributed by atoms with van der Waals surface area (Å²) in [6, 6.07) is 9.02. The van der Waals surface area contributed by atoms with Crippen LogP contribution in [0.5, 0.6) is 0 Å². The second-order valence-corrected chi connectivity index (χ2v) is 5.99. The summed E-state index contributed by atoms with van der Waals surface area (Å²) in [4.78, 5) is 23.4. The Hall–Kier alpha value is -2.15. The number of hydrogen-bond acceptors (Lipinski definition) is 3. The Morgan fingerprint density at radius 2 is 2.14 bits per heavy atom. The summed E-state index contributed by atoms with van der Waals surface area (Å²) >= 11 is 3.37. The molecule has 116 valence electrons. The molecular weight excluding hydrogens is 350 g/mol. The third-order valence-electron chi connectivity index (χ3n) is 3.46. The predicted molar refractivity (Wildman–Crippen MR) is 85.1 cm³/mol. The molecule has 2 rings (SSSR count). The number of carbonyl (C=O) groups is 2. The van der Waals surface area contributed by atoms with Crippen LogP contribution in [0.3, 0.4) is 0 Å². The van der Waals surface area contributed by atoms with Crippen molar-refractivity contribution in [3.63, 3.8) is 0 Å². The zero-order valence-electron chi connectivity index (χ0n) is 12.2. The molecule has 0 bridgehead atoms. The fourth-order valence-electron chi connectivity index (χ4n) is 1.82. The molecule has 0 aliphatic carbocycles. The Labute approximate surface area is 136 Å². The molecule has 6 nitrogen and oxygen atoms in total. The first-order valence-corrected chi connectivity index (χ1v) is 7.52. The molecule has 0 saturated heterocycles. The van der Waals surface area contributed by atoms with Crippen molar-refractivity contribution in [2.75, 3.05) is 0 Å². The maximum absolute atomic E-state index is 12.2. The van der Waals surface area contributed by atoms with E-state index in [-0.39, 0.29) is 12.1 Å². The number of rotatable bonds is 5. The zero-order valence-corrected chi connectivity index (χ0v) is 13.8. The summed E-state index contributed by atoms with van der Waals surface area (Å²) in [6.45, 7) is 3.17. The smallest absolute Gasteiger partial charge is 0.329 e. The Morgan fingerprint density at radius 3 is 2.73 bits per heavy atom. The Bertz CT molecular complexity index is 714. The number of hydrogen-bond donors (Lipinski definition) is 2. The number of aromatic nitrogens is 2. The number of aliphatic carboxylic acids is 1. The Morgan fingerprint density at radius 1 is 1.41 bits per heavy atom. The number of carboxylic acids is 1. The number of nitrogens with zero attached hydrogens (tertiary/aromatic N) is 2. The lowest BCUT2D eigenvalue weighted by atomic mass is 9.99. The van der Waals surface area contributed by atoms with Crippen LogP contribution in [0.2, 0.25) is 0 Å². The van der Waals surface area contributed by atoms with Crippen molar-refractivity contribution in [2.24, 2.45) is 0 Å². The minimum absolute atomic E-state index is 0.168. The number of carbonyl (C=O) groups excluding carboxylic acids is 1. The molecule has 0 aliphatic rings. The van der Waals surface area contributed by atoms with E-state index in [4.69, 9.17) is 0 Å². The van der Waals surface area contributed by atoms with Gasteiger partial charge in [-0.05, 0) is 37.6 Å². The molecule has 2 aromatic rings. The first-order valence-electron chi connectivity index (χ1n) is 6.73. The maximum Gasteiger partial charge on any atom is 0.329 e. The molecule has 0 fully saturated rings. The first-order chi connectivity index (χ1) is 10.4. The first kappa shape index (κ1) is 16.2. The fraction of sp³-hybridized carbons (Fsp3) is 0.267. The Balaban J connectivity index is 2.21. The van der Waals surface area contributed by atoms with E-state index >= 15 is 0 Å². The van der Waals surface area contributed by atoms with Crippen LogP contribution in [-0.2, 0) is 4.79 Å². The van der Waals surface area contributed by atoms with E-state index in [9.17, 15) is 14.7 Å². The van der Waals surface area contributed by atoms with Crippen LogP contribution < -0.4 is 5.32 Å². The van der Waals surface area contributed by atoms with Crippen LogP contribution >= 0.6 is 15.9 Å². The number of halogens is 1. The van der Waals surface area contributed by atoms with E-state index in [0.717, 1.165) is 10.2 Å². The molecule has 1 unspecified atom stereocenters. The third-order valence-corrected chi connectivity index (χ3v) is 3.96. The second-order valence-electron chi connectivity index (χ2n) is 5.07. The van der Waals surface area contributed by atoms with E-state index in [1.807, 2.05) is 24.3 Å². The minimum Gasteiger partial charge on any atom is -0.480 e. The van der Waals surface area contributed by atoms with Crippen LogP contribution in [0.15, 0.2) is 41.0 Å². The standard InChI is InChI=1S/C15H16BrN3O3/c1-3-15(2,14(21)22)17-13(20)12-7-8-19(18-12)11-6-4-5-10(16)9-11/h4-9H,3H2,1-2H3,(H,17,20)(H,21,22). The van der Waals surface area contributed by atoms with Gasteiger partial charge in [0.15, 0.2) is 5.69 Å². The summed E-state index contributed by atoms with van der Waals surface area (Å²) in [5.74, 6) is -1.59. The van der Waals surface area contributed by atoms with Gasteiger partial charge in [-0.15, -0.1) is 0 Å². The van der Waals surface area contributed by atoms with E-state index in [2.05, 4.69) is 26.3 Å². The van der Waals surface area contributed by atoms with Gasteiger partial charge in [0.25, 0.3) is 5.91 Å². The average molecular weight is 366 g/mol. The SMILES string of the molecule is CCC(C)(NC(=O)c1ccn(-c2cccc(Br)c2)n1)C(=O)O. The molecule has 1 heterocycles. The maximum atomic E-state index is 12.2. The number of carboxylic acid groups (broad SMARTS) is 1. The average Bonchev–Trinajstić information content (AvgIpc) is 2.97. The van der Waals surface area contributed by atoms with Gasteiger partial charge in [-0.3, -0.25) is 4.79 Å². The minimum atomic E-state index is -1.31. The van der Waals surface area contributed by atoms with Crippen LogP contribution in [0.1, 0.15) is 30.8 Å². The predicted octanol–water partition coefficient (Wildman–Crippen LogP) is 2.62. The number of benzene rings is 1. The quantitative estimate of drug-likeness (QED) is 0.852. The lowest BCUT2D eigenvalue weighted by molar-refractivity contribution is -0.143. The van der Waals surface area contributed by atoms with Gasteiger partial charge in [-0.2, -0.15) is 5.10 Å². The highest BCUT2D eigenvalue weighted by atomic mass is 79.9. The van der Waals surface area contributed by atoms with Crippen molar-refractivity contribution in [1.29, 1.82) is 0 Å². The van der Waals surface area contributed by atoms with Gasteiger partial charge in [0, 0.05) is 10.7 Å². The fourth-order valence-corrected chi connectivity index (χ4v) is 2.20. The zero-order chi connectivity index (χ0) is 16.3. The van der Waals surface area contributed by atoms with Gasteiger partial charge in [0.2, 0.25) is 0 Å². The molecule has 0 spiro atoms. The Kier molecular flexibility index (Phi) is 4.65. The number of amides is 1. The van der Waals surface area contributed by atoms with Gasteiger partial charge in [0.05, 0.1) is 5.69 Å². The lowest BCUT2D eigenvalue weighted by Gasteiger charge is -2.23. The van der Waals surface area contributed by atoms with E-state index in [0.29, 0.717) is 0 Å². The van der Waals surface area contributed by atoms with Crippen molar-refractivity contribution in [2.45, 2.75) is 25.8 Å². The van der Waals surface area contributed by atoms with E-state index in [1.165, 1.54) is 6.92 Å². The summed E-state index contributed by atoms with van der Waals surface area (Å²) in [5.41, 5.74) is -0.345. The molecule has 1 aromatic carbocycles. The molecule has 22 heavy (non-hydrogen) atoms. The van der Waals surface area contributed by atoms with Crippen LogP contribution in [0.4, 0.5) is 0 Å². The summed E-state index contributed by atoms with van der Waals surface area (Å²) in [6.07, 6.45) is 1.93. The van der Waals surface area contributed by atoms with Crippen molar-refractivity contribution in [3.8, 4) is 5.69 Å². The van der Waals surface area contributed by atoms with Crippen LogP contribution in [0, 0.1) is 0 Å². The summed E-state index contributed by atoms with van der Waals surface area (Å²) in [5, 5.41) is 15.9. The summed E-state index contributed by atoms with van der Waals surface area (Å²) < 4.78 is 2.46. The highest BCUT2D eigenvalue weighted by Gasteiger charge is 2.33. The van der Waals surface area contributed by atoms with Crippen LogP contribution in [-0.4, -0.2) is 32.3 Å². The topological polar surface area (TPSA) is 84.2 Å². The van der Waals surface area contributed by atoms with Crippen molar-refractivity contribution < 1.29 is 14.7 Å². The largest absolute Gasteiger partial charge is 0.480 e.